The first-order chi connectivity index (χ1) is 10.1. The number of nitrogens with one attached hydrogen (secondary N) is 2. The average molecular weight is 292 g/mol. The van der Waals surface area contributed by atoms with Crippen LogP contribution in [0.3, 0.4) is 0 Å². The molecule has 1 aromatic rings. The van der Waals surface area contributed by atoms with Crippen molar-refractivity contribution in [1.82, 2.24) is 5.32 Å². The van der Waals surface area contributed by atoms with Crippen LogP contribution in [0.4, 0.5) is 5.69 Å². The van der Waals surface area contributed by atoms with Crippen molar-refractivity contribution >= 4 is 11.6 Å². The van der Waals surface area contributed by atoms with Gasteiger partial charge in [0.15, 0.2) is 0 Å². The van der Waals surface area contributed by atoms with Gasteiger partial charge in [0.2, 0.25) is 5.91 Å². The summed E-state index contributed by atoms with van der Waals surface area (Å²) in [5, 5.41) is 5.98. The Bertz CT molecular complexity index is 457. The minimum Gasteiger partial charge on any atom is -0.491 e. The molecule has 1 atom stereocenters. The maximum atomic E-state index is 11.9. The van der Waals surface area contributed by atoms with E-state index in [9.17, 15) is 4.79 Å². The minimum atomic E-state index is -0.0605. The van der Waals surface area contributed by atoms with Gasteiger partial charge >= 0.3 is 0 Å². The second-order valence-corrected chi connectivity index (χ2v) is 5.51. The molecular formula is C16H24N2O3. The number of hydrogen-bond acceptors (Lipinski definition) is 4. The number of anilines is 1. The molecule has 1 aliphatic heterocycles. The molecule has 0 radical (unpaired) electrons. The van der Waals surface area contributed by atoms with Crippen molar-refractivity contribution in [2.45, 2.75) is 38.9 Å². The van der Waals surface area contributed by atoms with Crippen LogP contribution in [0.25, 0.3) is 0 Å². The SMILES string of the molecule is CC(C)Oc1cccc(NC(=O)CNCC2CCCO2)c1. The van der Waals surface area contributed by atoms with Crippen molar-refractivity contribution in [1.29, 1.82) is 0 Å². The third kappa shape index (κ3) is 5.73. The predicted molar refractivity (Wildman–Crippen MR) is 82.7 cm³/mol. The number of benzene rings is 1. The minimum absolute atomic E-state index is 0.0605. The molecule has 1 fully saturated rings. The fourth-order valence-electron chi connectivity index (χ4n) is 2.28. The lowest BCUT2D eigenvalue weighted by Crippen LogP contribution is -2.33. The van der Waals surface area contributed by atoms with Gasteiger partial charge in [-0.3, -0.25) is 4.79 Å². The summed E-state index contributed by atoms with van der Waals surface area (Å²) in [5.41, 5.74) is 0.747. The van der Waals surface area contributed by atoms with Crippen molar-refractivity contribution < 1.29 is 14.3 Å². The zero-order valence-corrected chi connectivity index (χ0v) is 12.7. The van der Waals surface area contributed by atoms with Crippen LogP contribution in [-0.2, 0) is 9.53 Å². The predicted octanol–water partition coefficient (Wildman–Crippen LogP) is 2.18. The average Bonchev–Trinajstić information content (AvgIpc) is 2.91. The summed E-state index contributed by atoms with van der Waals surface area (Å²) < 4.78 is 11.1. The van der Waals surface area contributed by atoms with Gasteiger partial charge in [0, 0.05) is 24.9 Å². The number of ether oxygens (including phenoxy) is 2. The summed E-state index contributed by atoms with van der Waals surface area (Å²) in [6.07, 6.45) is 2.55. The van der Waals surface area contributed by atoms with Crippen LogP contribution in [0.1, 0.15) is 26.7 Å². The molecule has 21 heavy (non-hydrogen) atoms. The quantitative estimate of drug-likeness (QED) is 0.808. The molecule has 0 saturated carbocycles. The van der Waals surface area contributed by atoms with Gasteiger partial charge in [-0.2, -0.15) is 0 Å². The van der Waals surface area contributed by atoms with E-state index in [2.05, 4.69) is 10.6 Å². The first-order valence-electron chi connectivity index (χ1n) is 7.52. The van der Waals surface area contributed by atoms with Crippen LogP contribution in [0.5, 0.6) is 5.75 Å². The molecule has 1 unspecified atom stereocenters. The molecular weight excluding hydrogens is 268 g/mol. The largest absolute Gasteiger partial charge is 0.491 e. The molecule has 2 rings (SSSR count). The standard InChI is InChI=1S/C16H24N2O3/c1-12(2)21-14-6-3-5-13(9-14)18-16(19)11-17-10-15-7-4-8-20-15/h3,5-6,9,12,15,17H,4,7-8,10-11H2,1-2H3,(H,18,19). The monoisotopic (exact) mass is 292 g/mol. The number of amides is 1. The molecule has 5 heteroatoms. The van der Waals surface area contributed by atoms with E-state index in [1.165, 1.54) is 0 Å². The Balaban J connectivity index is 1.73. The second-order valence-electron chi connectivity index (χ2n) is 5.51. The summed E-state index contributed by atoms with van der Waals surface area (Å²) >= 11 is 0. The molecule has 1 heterocycles. The third-order valence-electron chi connectivity index (χ3n) is 3.17. The summed E-state index contributed by atoms with van der Waals surface area (Å²) in [6.45, 7) is 5.79. The van der Waals surface area contributed by atoms with Crippen molar-refractivity contribution in [3.05, 3.63) is 24.3 Å². The maximum absolute atomic E-state index is 11.9. The highest BCUT2D eigenvalue weighted by Gasteiger charge is 2.15. The van der Waals surface area contributed by atoms with E-state index in [4.69, 9.17) is 9.47 Å². The van der Waals surface area contributed by atoms with Gasteiger partial charge in [-0.1, -0.05) is 6.07 Å². The third-order valence-corrected chi connectivity index (χ3v) is 3.17. The zero-order valence-electron chi connectivity index (χ0n) is 12.7. The van der Waals surface area contributed by atoms with Crippen molar-refractivity contribution in [3.63, 3.8) is 0 Å². The maximum Gasteiger partial charge on any atom is 0.238 e. The van der Waals surface area contributed by atoms with Gasteiger partial charge in [-0.15, -0.1) is 0 Å². The zero-order chi connectivity index (χ0) is 15.1. The lowest BCUT2D eigenvalue weighted by Gasteiger charge is -2.12. The van der Waals surface area contributed by atoms with Crippen LogP contribution >= 0.6 is 0 Å². The molecule has 1 saturated heterocycles. The lowest BCUT2D eigenvalue weighted by atomic mass is 10.2. The Hall–Kier alpha value is -1.59. The van der Waals surface area contributed by atoms with Gasteiger partial charge in [-0.05, 0) is 38.8 Å². The van der Waals surface area contributed by atoms with Crippen LogP contribution in [0, 0.1) is 0 Å². The van der Waals surface area contributed by atoms with Gasteiger partial charge < -0.3 is 20.1 Å². The van der Waals surface area contributed by atoms with E-state index in [0.29, 0.717) is 0 Å². The molecule has 0 bridgehead atoms. The fourth-order valence-corrected chi connectivity index (χ4v) is 2.28. The number of hydrogen-bond donors (Lipinski definition) is 2. The topological polar surface area (TPSA) is 59.6 Å². The fraction of sp³-hybridized carbons (Fsp3) is 0.562. The number of rotatable bonds is 7. The molecule has 0 spiro atoms. The summed E-state index contributed by atoms with van der Waals surface area (Å²) in [4.78, 5) is 11.9. The second kappa shape index (κ2) is 8.00. The molecule has 5 nitrogen and oxygen atoms in total. The van der Waals surface area contributed by atoms with Crippen LogP contribution in [0.2, 0.25) is 0 Å². The van der Waals surface area contributed by atoms with Crippen LogP contribution in [-0.4, -0.2) is 37.8 Å². The highest BCUT2D eigenvalue weighted by atomic mass is 16.5. The molecule has 116 valence electrons. The van der Waals surface area contributed by atoms with Gasteiger partial charge in [0.05, 0.1) is 18.8 Å². The molecule has 0 aliphatic carbocycles. The Morgan fingerprint density at radius 3 is 3.05 bits per heavy atom. The van der Waals surface area contributed by atoms with E-state index >= 15 is 0 Å². The van der Waals surface area contributed by atoms with Gasteiger partial charge in [0.25, 0.3) is 0 Å². The lowest BCUT2D eigenvalue weighted by molar-refractivity contribution is -0.115. The van der Waals surface area contributed by atoms with E-state index < -0.39 is 0 Å². The number of carbonyl (C=O) groups is 1. The van der Waals surface area contributed by atoms with Gasteiger partial charge in [0.1, 0.15) is 5.75 Å². The summed E-state index contributed by atoms with van der Waals surface area (Å²) in [7, 11) is 0. The Morgan fingerprint density at radius 2 is 2.33 bits per heavy atom. The highest BCUT2D eigenvalue weighted by Crippen LogP contribution is 2.18. The first-order valence-corrected chi connectivity index (χ1v) is 7.52. The molecule has 1 amide bonds. The van der Waals surface area contributed by atoms with Gasteiger partial charge in [-0.25, -0.2) is 0 Å². The highest BCUT2D eigenvalue weighted by molar-refractivity contribution is 5.92. The molecule has 1 aliphatic rings. The number of carbonyl (C=O) groups excluding carboxylic acids is 1. The van der Waals surface area contributed by atoms with E-state index in [1.807, 2.05) is 38.1 Å². The van der Waals surface area contributed by atoms with Crippen molar-refractivity contribution in [3.8, 4) is 5.75 Å². The smallest absolute Gasteiger partial charge is 0.238 e. The van der Waals surface area contributed by atoms with Crippen LogP contribution < -0.4 is 15.4 Å². The summed E-state index contributed by atoms with van der Waals surface area (Å²) in [6, 6.07) is 7.43. The Morgan fingerprint density at radius 1 is 1.48 bits per heavy atom. The Labute approximate surface area is 126 Å². The van der Waals surface area contributed by atoms with Crippen LogP contribution in [0.15, 0.2) is 24.3 Å². The molecule has 0 aromatic heterocycles. The first kappa shape index (κ1) is 15.8. The van der Waals surface area contributed by atoms with E-state index in [0.717, 1.165) is 37.4 Å². The normalized spacial score (nSPS) is 18.0. The Kier molecular flexibility index (Phi) is 6.02. The van der Waals surface area contributed by atoms with Crippen molar-refractivity contribution in [2.24, 2.45) is 0 Å². The molecule has 1 aromatic carbocycles. The molecule has 2 N–H and O–H groups in total. The van der Waals surface area contributed by atoms with E-state index in [1.54, 1.807) is 0 Å². The van der Waals surface area contributed by atoms with Crippen molar-refractivity contribution in [2.75, 3.05) is 25.0 Å². The summed E-state index contributed by atoms with van der Waals surface area (Å²) in [5.74, 6) is 0.699. The van der Waals surface area contributed by atoms with E-state index in [-0.39, 0.29) is 24.7 Å².